The molecule has 0 fully saturated rings. The van der Waals surface area contributed by atoms with Crippen LogP contribution in [0.5, 0.6) is 11.5 Å². The molecule has 0 saturated carbocycles. The van der Waals surface area contributed by atoms with Crippen molar-refractivity contribution in [1.29, 1.82) is 0 Å². The van der Waals surface area contributed by atoms with E-state index in [9.17, 15) is 8.42 Å². The van der Waals surface area contributed by atoms with Gasteiger partial charge in [-0.25, -0.2) is 13.1 Å². The Kier molecular flexibility index (Phi) is 5.28. The molecule has 5 nitrogen and oxygen atoms in total. The van der Waals surface area contributed by atoms with Gasteiger partial charge in [-0.05, 0) is 54.8 Å². The summed E-state index contributed by atoms with van der Waals surface area (Å²) in [5.74, 6) is 1.41. The van der Waals surface area contributed by atoms with E-state index in [1.165, 1.54) is 0 Å². The molecule has 0 aliphatic heterocycles. The van der Waals surface area contributed by atoms with E-state index in [0.29, 0.717) is 11.3 Å². The van der Waals surface area contributed by atoms with Crippen LogP contribution in [0.3, 0.4) is 0 Å². The van der Waals surface area contributed by atoms with Crippen molar-refractivity contribution in [3.05, 3.63) is 53.1 Å². The molecule has 0 radical (unpaired) electrons. The largest absolute Gasteiger partial charge is 0.497 e. The van der Waals surface area contributed by atoms with Crippen molar-refractivity contribution >= 4 is 10.0 Å². The van der Waals surface area contributed by atoms with Gasteiger partial charge in [-0.15, -0.1) is 0 Å². The van der Waals surface area contributed by atoms with E-state index in [0.717, 1.165) is 16.9 Å². The first kappa shape index (κ1) is 17.3. The third-order valence-electron chi connectivity index (χ3n) is 3.60. The lowest BCUT2D eigenvalue weighted by molar-refractivity contribution is 0.411. The van der Waals surface area contributed by atoms with Crippen LogP contribution in [0.25, 0.3) is 0 Å². The van der Waals surface area contributed by atoms with Crippen molar-refractivity contribution in [1.82, 2.24) is 4.72 Å². The summed E-state index contributed by atoms with van der Waals surface area (Å²) in [7, 11) is -0.422. The summed E-state index contributed by atoms with van der Waals surface area (Å²) in [6, 6.07) is 10.5. The summed E-state index contributed by atoms with van der Waals surface area (Å²) in [5, 5.41) is 0. The van der Waals surface area contributed by atoms with Crippen LogP contribution in [0.15, 0.2) is 41.3 Å². The molecule has 0 aromatic heterocycles. The molecule has 0 atom stereocenters. The van der Waals surface area contributed by atoms with Crippen molar-refractivity contribution in [3.8, 4) is 11.5 Å². The van der Waals surface area contributed by atoms with Gasteiger partial charge in [-0.2, -0.15) is 0 Å². The highest BCUT2D eigenvalue weighted by Crippen LogP contribution is 2.22. The lowest BCUT2D eigenvalue weighted by Crippen LogP contribution is -2.24. The Morgan fingerprint density at radius 1 is 0.957 bits per heavy atom. The van der Waals surface area contributed by atoms with Gasteiger partial charge in [-0.3, -0.25) is 0 Å². The Hall–Kier alpha value is -2.05. The van der Waals surface area contributed by atoms with Gasteiger partial charge in [0, 0.05) is 6.54 Å². The molecule has 0 bridgehead atoms. The van der Waals surface area contributed by atoms with E-state index in [2.05, 4.69) is 4.72 Å². The molecule has 0 unspecified atom stereocenters. The minimum Gasteiger partial charge on any atom is -0.497 e. The highest BCUT2D eigenvalue weighted by Gasteiger charge is 2.17. The second-order valence-corrected chi connectivity index (χ2v) is 7.00. The summed E-state index contributed by atoms with van der Waals surface area (Å²) in [6.45, 7) is 3.89. The van der Waals surface area contributed by atoms with Gasteiger partial charge in [0.1, 0.15) is 11.5 Å². The maximum absolute atomic E-state index is 12.5. The zero-order valence-electron chi connectivity index (χ0n) is 13.7. The normalized spacial score (nSPS) is 11.3. The fourth-order valence-corrected chi connectivity index (χ4v) is 3.60. The predicted molar refractivity (Wildman–Crippen MR) is 89.5 cm³/mol. The molecule has 0 aliphatic rings. The zero-order chi connectivity index (χ0) is 17.0. The van der Waals surface area contributed by atoms with Crippen LogP contribution in [0, 0.1) is 13.8 Å². The van der Waals surface area contributed by atoms with Gasteiger partial charge < -0.3 is 9.47 Å². The second kappa shape index (κ2) is 7.02. The highest BCUT2D eigenvalue weighted by molar-refractivity contribution is 7.89. The first-order chi connectivity index (χ1) is 10.9. The van der Waals surface area contributed by atoms with E-state index in [-0.39, 0.29) is 11.4 Å². The van der Waals surface area contributed by atoms with Crippen molar-refractivity contribution in [3.63, 3.8) is 0 Å². The molecule has 0 amide bonds. The Labute approximate surface area is 137 Å². The minimum absolute atomic E-state index is 0.221. The first-order valence-electron chi connectivity index (χ1n) is 7.15. The average molecular weight is 335 g/mol. The third kappa shape index (κ3) is 4.03. The van der Waals surface area contributed by atoms with Crippen LogP contribution in [0.2, 0.25) is 0 Å². The van der Waals surface area contributed by atoms with Crippen molar-refractivity contribution in [2.45, 2.75) is 25.3 Å². The summed E-state index contributed by atoms with van der Waals surface area (Å²) in [5.41, 5.74) is 2.48. The third-order valence-corrected chi connectivity index (χ3v) is 5.16. The molecule has 2 aromatic carbocycles. The summed E-state index contributed by atoms with van der Waals surface area (Å²) >= 11 is 0. The number of sulfonamides is 1. The molecule has 2 aromatic rings. The van der Waals surface area contributed by atoms with Crippen LogP contribution >= 0.6 is 0 Å². The van der Waals surface area contributed by atoms with Crippen molar-refractivity contribution in [2.24, 2.45) is 0 Å². The van der Waals surface area contributed by atoms with E-state index >= 15 is 0 Å². The van der Waals surface area contributed by atoms with Gasteiger partial charge in [-0.1, -0.05) is 12.1 Å². The van der Waals surface area contributed by atoms with Crippen LogP contribution in [-0.2, 0) is 16.6 Å². The number of methoxy groups -OCH3 is 2. The summed E-state index contributed by atoms with van der Waals surface area (Å²) in [4.78, 5) is 0.253. The molecule has 0 aliphatic carbocycles. The fraction of sp³-hybridized carbons (Fsp3) is 0.294. The number of aryl methyl sites for hydroxylation is 2. The van der Waals surface area contributed by atoms with Gasteiger partial charge in [0.25, 0.3) is 0 Å². The fourth-order valence-electron chi connectivity index (χ4n) is 2.36. The SMILES string of the molecule is COc1ccc(S(=O)(=O)NCc2ccc(OC)c(C)c2)c(C)c1. The molecule has 124 valence electrons. The maximum Gasteiger partial charge on any atom is 0.241 e. The van der Waals surface area contributed by atoms with Gasteiger partial charge in [0.15, 0.2) is 0 Å². The lowest BCUT2D eigenvalue weighted by Gasteiger charge is -2.12. The van der Waals surface area contributed by atoms with Crippen molar-refractivity contribution < 1.29 is 17.9 Å². The Morgan fingerprint density at radius 3 is 2.26 bits per heavy atom. The topological polar surface area (TPSA) is 64.6 Å². The van der Waals surface area contributed by atoms with Crippen LogP contribution in [0.4, 0.5) is 0 Å². The molecule has 1 N–H and O–H groups in total. The standard InChI is InChI=1S/C17H21NO4S/c1-12-9-14(5-7-16(12)22-4)11-18-23(19,20)17-8-6-15(21-3)10-13(17)2/h5-10,18H,11H2,1-4H3. The predicted octanol–water partition coefficient (Wildman–Crippen LogP) is 2.80. The Bertz CT molecular complexity index is 800. The average Bonchev–Trinajstić information content (AvgIpc) is 2.52. The summed E-state index contributed by atoms with van der Waals surface area (Å²) in [6.07, 6.45) is 0. The molecule has 23 heavy (non-hydrogen) atoms. The number of hydrogen-bond donors (Lipinski definition) is 1. The van der Waals surface area contributed by atoms with E-state index in [4.69, 9.17) is 9.47 Å². The van der Waals surface area contributed by atoms with E-state index in [1.54, 1.807) is 39.3 Å². The molecule has 0 saturated heterocycles. The Balaban J connectivity index is 2.17. The number of benzene rings is 2. The van der Waals surface area contributed by atoms with E-state index < -0.39 is 10.0 Å². The molecule has 0 spiro atoms. The maximum atomic E-state index is 12.5. The lowest BCUT2D eigenvalue weighted by atomic mass is 10.1. The number of nitrogens with one attached hydrogen (secondary N) is 1. The minimum atomic E-state index is -3.58. The second-order valence-electron chi connectivity index (χ2n) is 5.26. The van der Waals surface area contributed by atoms with Gasteiger partial charge >= 0.3 is 0 Å². The number of ether oxygens (including phenoxy) is 2. The molecule has 6 heteroatoms. The first-order valence-corrected chi connectivity index (χ1v) is 8.63. The molecular weight excluding hydrogens is 314 g/mol. The smallest absolute Gasteiger partial charge is 0.241 e. The zero-order valence-corrected chi connectivity index (χ0v) is 14.5. The summed E-state index contributed by atoms with van der Waals surface area (Å²) < 4.78 is 37.8. The van der Waals surface area contributed by atoms with Gasteiger partial charge in [0.2, 0.25) is 10.0 Å². The molecule has 0 heterocycles. The Morgan fingerprint density at radius 2 is 1.70 bits per heavy atom. The van der Waals surface area contributed by atoms with E-state index in [1.807, 2.05) is 25.1 Å². The number of hydrogen-bond acceptors (Lipinski definition) is 4. The van der Waals surface area contributed by atoms with Crippen LogP contribution < -0.4 is 14.2 Å². The molecule has 2 rings (SSSR count). The number of rotatable bonds is 6. The molecular formula is C17H21NO4S. The van der Waals surface area contributed by atoms with Gasteiger partial charge in [0.05, 0.1) is 19.1 Å². The van der Waals surface area contributed by atoms with Crippen molar-refractivity contribution in [2.75, 3.05) is 14.2 Å². The quantitative estimate of drug-likeness (QED) is 0.882. The van der Waals surface area contributed by atoms with Crippen LogP contribution in [0.1, 0.15) is 16.7 Å². The monoisotopic (exact) mass is 335 g/mol. The van der Waals surface area contributed by atoms with Crippen LogP contribution in [-0.4, -0.2) is 22.6 Å². The highest BCUT2D eigenvalue weighted by atomic mass is 32.2.